The van der Waals surface area contributed by atoms with E-state index in [1.54, 1.807) is 0 Å². The normalized spacial score (nSPS) is 14.1. The number of para-hydroxylation sites is 1. The number of hydrogen-bond acceptors (Lipinski definition) is 6. The molecule has 0 aliphatic heterocycles. The summed E-state index contributed by atoms with van der Waals surface area (Å²) in [5.74, 6) is -0.737. The van der Waals surface area contributed by atoms with E-state index in [1.807, 2.05) is 54.6 Å². The molecule has 1 heterocycles. The Morgan fingerprint density at radius 2 is 1.59 bits per heavy atom. The van der Waals surface area contributed by atoms with Crippen molar-refractivity contribution in [2.75, 3.05) is 20.8 Å². The molecule has 0 spiro atoms. The van der Waals surface area contributed by atoms with Gasteiger partial charge in [0.1, 0.15) is 11.3 Å². The molecule has 0 saturated heterocycles. The lowest BCUT2D eigenvalue weighted by Gasteiger charge is -2.21. The summed E-state index contributed by atoms with van der Waals surface area (Å²) in [5.41, 5.74) is 2.67. The van der Waals surface area contributed by atoms with Crippen LogP contribution in [0, 0.1) is 5.92 Å². The molecule has 0 radical (unpaired) electrons. The van der Waals surface area contributed by atoms with Crippen LogP contribution < -0.4 is 0 Å². The molecule has 4 rings (SSSR count). The maximum Gasteiger partial charge on any atom is 0.357 e. The Kier molecular flexibility index (Phi) is 7.75. The predicted octanol–water partition coefficient (Wildman–Crippen LogP) is 5.21. The summed E-state index contributed by atoms with van der Waals surface area (Å²) in [5, 5.41) is 4.71. The van der Waals surface area contributed by atoms with E-state index >= 15 is 0 Å². The zero-order valence-electron chi connectivity index (χ0n) is 19.7. The number of carbonyl (C=O) groups excluding carboxylic acids is 2. The van der Waals surface area contributed by atoms with E-state index in [4.69, 9.17) is 19.3 Å². The van der Waals surface area contributed by atoms with Crippen molar-refractivity contribution >= 4 is 11.9 Å². The molecule has 1 aromatic heterocycles. The second kappa shape index (κ2) is 11.1. The number of methoxy groups -OCH3 is 2. The first-order valence-electron chi connectivity index (χ1n) is 11.6. The number of nitrogens with zero attached hydrogens (tertiary/aromatic N) is 2. The largest absolute Gasteiger partial charge is 0.465 e. The van der Waals surface area contributed by atoms with Crippen LogP contribution in [0.5, 0.6) is 0 Å². The molecule has 0 amide bonds. The molecule has 1 fully saturated rings. The van der Waals surface area contributed by atoms with Crippen molar-refractivity contribution in [1.82, 2.24) is 9.78 Å². The second-order valence-electron chi connectivity index (χ2n) is 8.48. The van der Waals surface area contributed by atoms with Gasteiger partial charge >= 0.3 is 11.9 Å². The first-order valence-corrected chi connectivity index (χ1v) is 11.6. The van der Waals surface area contributed by atoms with Gasteiger partial charge in [-0.3, -0.25) is 0 Å². The molecule has 1 saturated carbocycles. The van der Waals surface area contributed by atoms with Crippen molar-refractivity contribution in [2.45, 2.75) is 38.7 Å². The van der Waals surface area contributed by atoms with E-state index < -0.39 is 11.9 Å². The number of benzene rings is 2. The molecule has 0 bridgehead atoms. The summed E-state index contributed by atoms with van der Waals surface area (Å²) in [6.07, 6.45) is 6.25. The van der Waals surface area contributed by atoms with Crippen molar-refractivity contribution < 1.29 is 23.8 Å². The molecule has 2 aromatic carbocycles. The minimum absolute atomic E-state index is 0.0217. The summed E-state index contributed by atoms with van der Waals surface area (Å²) < 4.78 is 17.6. The van der Waals surface area contributed by atoms with Gasteiger partial charge in [-0.05, 0) is 36.5 Å². The van der Waals surface area contributed by atoms with Crippen molar-refractivity contribution in [1.29, 1.82) is 0 Å². The van der Waals surface area contributed by atoms with E-state index in [0.29, 0.717) is 36.1 Å². The molecule has 7 heteroatoms. The van der Waals surface area contributed by atoms with Crippen molar-refractivity contribution in [3.63, 3.8) is 0 Å². The van der Waals surface area contributed by atoms with Crippen molar-refractivity contribution in [3.05, 3.63) is 71.4 Å². The van der Waals surface area contributed by atoms with Crippen LogP contribution >= 0.6 is 0 Å². The molecule has 7 nitrogen and oxygen atoms in total. The van der Waals surface area contributed by atoms with E-state index in [-0.39, 0.29) is 11.3 Å². The molecule has 0 N–H and O–H groups in total. The highest BCUT2D eigenvalue weighted by molar-refractivity contribution is 6.07. The summed E-state index contributed by atoms with van der Waals surface area (Å²) in [6, 6.07) is 16.8. The van der Waals surface area contributed by atoms with Crippen molar-refractivity contribution in [2.24, 2.45) is 5.92 Å². The minimum Gasteiger partial charge on any atom is -0.465 e. The Morgan fingerprint density at radius 3 is 2.29 bits per heavy atom. The number of hydrogen-bond donors (Lipinski definition) is 0. The Labute approximate surface area is 199 Å². The summed E-state index contributed by atoms with van der Waals surface area (Å²) in [4.78, 5) is 25.7. The van der Waals surface area contributed by atoms with Gasteiger partial charge in [-0.1, -0.05) is 61.7 Å². The van der Waals surface area contributed by atoms with Gasteiger partial charge in [0.05, 0.1) is 26.5 Å². The van der Waals surface area contributed by atoms with Gasteiger partial charge in [0, 0.05) is 12.2 Å². The number of rotatable bonds is 8. The smallest absolute Gasteiger partial charge is 0.357 e. The number of ether oxygens (including phenoxy) is 3. The average Bonchev–Trinajstić information content (AvgIpc) is 3.30. The average molecular weight is 463 g/mol. The Balaban J connectivity index is 1.76. The van der Waals surface area contributed by atoms with Crippen LogP contribution in [-0.4, -0.2) is 42.5 Å². The standard InChI is InChI=1S/C27H30N2O5/c1-32-26(30)23-24(28-29(25(23)27(31)33-2)21-14-7-4-8-15-21)22-16-10-9-13-20(22)18-34-17-19-11-5-3-6-12-19/h4,7-10,13-16,19H,3,5-6,11-12,17-18H2,1-2H3. The fourth-order valence-electron chi connectivity index (χ4n) is 4.51. The van der Waals surface area contributed by atoms with E-state index in [9.17, 15) is 9.59 Å². The van der Waals surface area contributed by atoms with E-state index in [2.05, 4.69) is 0 Å². The summed E-state index contributed by atoms with van der Waals surface area (Å²) >= 11 is 0. The highest BCUT2D eigenvalue weighted by atomic mass is 16.5. The predicted molar refractivity (Wildman–Crippen MR) is 128 cm³/mol. The quantitative estimate of drug-likeness (QED) is 0.428. The third kappa shape index (κ3) is 5.04. The molecular formula is C27H30N2O5. The van der Waals surface area contributed by atoms with Gasteiger partial charge in [-0.2, -0.15) is 5.10 Å². The Bertz CT molecular complexity index is 1130. The molecule has 3 aromatic rings. The number of esters is 2. The van der Waals surface area contributed by atoms with Gasteiger partial charge in [-0.25, -0.2) is 14.3 Å². The lowest BCUT2D eigenvalue weighted by atomic mass is 9.90. The first kappa shape index (κ1) is 23.7. The highest BCUT2D eigenvalue weighted by Gasteiger charge is 2.32. The van der Waals surface area contributed by atoms with Crippen LogP contribution in [0.25, 0.3) is 16.9 Å². The highest BCUT2D eigenvalue weighted by Crippen LogP contribution is 2.32. The van der Waals surface area contributed by atoms with Crippen LogP contribution in [0.3, 0.4) is 0 Å². The minimum atomic E-state index is -0.672. The monoisotopic (exact) mass is 462 g/mol. The van der Waals surface area contributed by atoms with Crippen LogP contribution in [0.2, 0.25) is 0 Å². The number of carbonyl (C=O) groups is 2. The molecule has 0 unspecified atom stereocenters. The lowest BCUT2D eigenvalue weighted by Crippen LogP contribution is -2.15. The van der Waals surface area contributed by atoms with Gasteiger partial charge in [0.2, 0.25) is 0 Å². The fraction of sp³-hybridized carbons (Fsp3) is 0.370. The van der Waals surface area contributed by atoms with E-state index in [0.717, 1.165) is 5.56 Å². The van der Waals surface area contributed by atoms with Crippen LogP contribution in [-0.2, 0) is 20.8 Å². The van der Waals surface area contributed by atoms with Gasteiger partial charge in [0.25, 0.3) is 0 Å². The third-order valence-electron chi connectivity index (χ3n) is 6.26. The maximum atomic E-state index is 12.9. The zero-order chi connectivity index (χ0) is 23.9. The van der Waals surface area contributed by atoms with Gasteiger partial charge in [0.15, 0.2) is 5.69 Å². The number of aromatic nitrogens is 2. The van der Waals surface area contributed by atoms with E-state index in [1.165, 1.54) is 51.0 Å². The lowest BCUT2D eigenvalue weighted by molar-refractivity contribution is 0.0549. The third-order valence-corrected chi connectivity index (χ3v) is 6.26. The van der Waals surface area contributed by atoms with Gasteiger partial charge < -0.3 is 14.2 Å². The van der Waals surface area contributed by atoms with Gasteiger partial charge in [-0.15, -0.1) is 0 Å². The Hall–Kier alpha value is -3.45. The van der Waals surface area contributed by atoms with Crippen LogP contribution in [0.1, 0.15) is 58.5 Å². The molecular weight excluding hydrogens is 432 g/mol. The maximum absolute atomic E-state index is 12.9. The Morgan fingerprint density at radius 1 is 0.912 bits per heavy atom. The topological polar surface area (TPSA) is 79.7 Å². The van der Waals surface area contributed by atoms with Crippen LogP contribution in [0.15, 0.2) is 54.6 Å². The van der Waals surface area contributed by atoms with Crippen LogP contribution in [0.4, 0.5) is 0 Å². The summed E-state index contributed by atoms with van der Waals surface area (Å²) in [6.45, 7) is 1.10. The molecule has 178 valence electrons. The molecule has 34 heavy (non-hydrogen) atoms. The second-order valence-corrected chi connectivity index (χ2v) is 8.48. The summed E-state index contributed by atoms with van der Waals surface area (Å²) in [7, 11) is 2.56. The van der Waals surface area contributed by atoms with Crippen molar-refractivity contribution in [3.8, 4) is 16.9 Å². The zero-order valence-corrected chi connectivity index (χ0v) is 19.7. The molecule has 0 atom stereocenters. The first-order chi connectivity index (χ1) is 16.6. The molecule has 1 aliphatic rings. The fourth-order valence-corrected chi connectivity index (χ4v) is 4.51. The SMILES string of the molecule is COC(=O)c1c(-c2ccccc2COCC2CCCCC2)nn(-c2ccccc2)c1C(=O)OC. The molecule has 1 aliphatic carbocycles.